The van der Waals surface area contributed by atoms with Crippen molar-refractivity contribution in [2.45, 2.75) is 32.6 Å². The molecule has 0 saturated heterocycles. The lowest BCUT2D eigenvalue weighted by Gasteiger charge is -2.11. The Morgan fingerprint density at radius 2 is 1.91 bits per heavy atom. The fraction of sp³-hybridized carbons (Fsp3) is 0.300. The van der Waals surface area contributed by atoms with Gasteiger partial charge in [0.2, 0.25) is 0 Å². The van der Waals surface area contributed by atoms with Gasteiger partial charge in [0.15, 0.2) is 0 Å². The first kappa shape index (κ1) is 16.9. The number of pyridine rings is 1. The molecule has 0 aliphatic rings. The van der Waals surface area contributed by atoms with Crippen LogP contribution in [0.1, 0.15) is 49.3 Å². The smallest absolute Gasteiger partial charge is 0.305 e. The van der Waals surface area contributed by atoms with Gasteiger partial charge in [-0.25, -0.2) is 0 Å². The maximum atomic E-state index is 11.3. The van der Waals surface area contributed by atoms with E-state index in [1.807, 2.05) is 18.3 Å². The molecule has 2 rings (SSSR count). The van der Waals surface area contributed by atoms with Crippen LogP contribution in [-0.4, -0.2) is 18.1 Å². The van der Waals surface area contributed by atoms with Crippen molar-refractivity contribution in [3.8, 4) is 0 Å². The number of allylic oxidation sites excluding steroid dienone is 1. The number of benzene rings is 1. The monoisotopic (exact) mass is 309 g/mol. The van der Waals surface area contributed by atoms with Gasteiger partial charge >= 0.3 is 5.97 Å². The molecule has 0 atom stereocenters. The van der Waals surface area contributed by atoms with Crippen molar-refractivity contribution in [2.24, 2.45) is 0 Å². The Bertz CT molecular complexity index is 658. The van der Waals surface area contributed by atoms with Crippen LogP contribution in [0.5, 0.6) is 0 Å². The van der Waals surface area contributed by atoms with Crippen LogP contribution in [0.2, 0.25) is 0 Å². The highest BCUT2D eigenvalue weighted by Gasteiger charge is 2.07. The summed E-state index contributed by atoms with van der Waals surface area (Å²) >= 11 is 0. The number of ether oxygens (including phenoxy) is 1. The molecular formula is C20H23NO2. The molecule has 0 radical (unpaired) electrons. The average molecular weight is 309 g/mol. The number of hydrogen-bond donors (Lipinski definition) is 0. The Labute approximate surface area is 138 Å². The molecule has 0 saturated carbocycles. The van der Waals surface area contributed by atoms with Crippen molar-refractivity contribution in [3.63, 3.8) is 0 Å². The molecule has 3 heteroatoms. The minimum atomic E-state index is -0.193. The van der Waals surface area contributed by atoms with E-state index in [-0.39, 0.29) is 5.97 Å². The molecule has 0 fully saturated rings. The first-order valence-electron chi connectivity index (χ1n) is 7.89. The van der Waals surface area contributed by atoms with Gasteiger partial charge in [-0.2, -0.15) is 0 Å². The van der Waals surface area contributed by atoms with Gasteiger partial charge < -0.3 is 4.74 Å². The average Bonchev–Trinajstić information content (AvgIpc) is 2.59. The van der Waals surface area contributed by atoms with Crippen molar-refractivity contribution in [1.29, 1.82) is 0 Å². The standard InChI is InChI=1S/C20H23NO2/c1-15(2)16-9-11-17(12-10-16)19(7-4-8-20(22)23-3)18-6-5-13-21-14-18/h5-7,9-15H,4,8H2,1-3H3/b19-7+. The van der Waals surface area contributed by atoms with E-state index < -0.39 is 0 Å². The van der Waals surface area contributed by atoms with E-state index in [4.69, 9.17) is 4.74 Å². The van der Waals surface area contributed by atoms with Gasteiger partial charge in [0.25, 0.3) is 0 Å². The third-order valence-electron chi connectivity index (χ3n) is 3.79. The third-order valence-corrected chi connectivity index (χ3v) is 3.79. The van der Waals surface area contributed by atoms with Gasteiger partial charge in [-0.15, -0.1) is 0 Å². The van der Waals surface area contributed by atoms with Crippen LogP contribution in [0.3, 0.4) is 0 Å². The molecule has 0 unspecified atom stereocenters. The summed E-state index contributed by atoms with van der Waals surface area (Å²) in [6.45, 7) is 4.37. The SMILES string of the molecule is COC(=O)CC/C=C(\c1ccc(C(C)C)cc1)c1cccnc1. The first-order valence-corrected chi connectivity index (χ1v) is 7.89. The maximum absolute atomic E-state index is 11.3. The number of esters is 1. The molecule has 0 aliphatic heterocycles. The predicted molar refractivity (Wildman–Crippen MR) is 93.1 cm³/mol. The number of methoxy groups -OCH3 is 1. The van der Waals surface area contributed by atoms with Crippen LogP contribution in [0.15, 0.2) is 54.9 Å². The van der Waals surface area contributed by atoms with E-state index in [1.165, 1.54) is 12.7 Å². The zero-order chi connectivity index (χ0) is 16.7. The number of nitrogens with zero attached hydrogens (tertiary/aromatic N) is 1. The number of hydrogen-bond acceptors (Lipinski definition) is 3. The highest BCUT2D eigenvalue weighted by molar-refractivity contribution is 5.80. The van der Waals surface area contributed by atoms with E-state index in [2.05, 4.69) is 49.2 Å². The van der Waals surface area contributed by atoms with E-state index in [0.29, 0.717) is 18.8 Å². The van der Waals surface area contributed by atoms with Crippen molar-refractivity contribution in [3.05, 3.63) is 71.6 Å². The minimum absolute atomic E-state index is 0.193. The lowest BCUT2D eigenvalue weighted by atomic mass is 9.94. The predicted octanol–water partition coefficient (Wildman–Crippen LogP) is 4.59. The number of rotatable bonds is 6. The molecule has 3 nitrogen and oxygen atoms in total. The molecule has 0 bridgehead atoms. The van der Waals surface area contributed by atoms with E-state index >= 15 is 0 Å². The van der Waals surface area contributed by atoms with Gasteiger partial charge in [0.05, 0.1) is 7.11 Å². The summed E-state index contributed by atoms with van der Waals surface area (Å²) in [6, 6.07) is 12.5. The van der Waals surface area contributed by atoms with E-state index in [1.54, 1.807) is 6.20 Å². The lowest BCUT2D eigenvalue weighted by Crippen LogP contribution is -1.99. The van der Waals surface area contributed by atoms with Crippen LogP contribution in [0.25, 0.3) is 5.57 Å². The van der Waals surface area contributed by atoms with Crippen LogP contribution in [0, 0.1) is 0 Å². The summed E-state index contributed by atoms with van der Waals surface area (Å²) in [5.41, 5.74) is 4.59. The second-order valence-electron chi connectivity index (χ2n) is 5.75. The molecule has 1 aromatic carbocycles. The highest BCUT2D eigenvalue weighted by atomic mass is 16.5. The topological polar surface area (TPSA) is 39.2 Å². The van der Waals surface area contributed by atoms with Gasteiger partial charge in [0.1, 0.15) is 0 Å². The molecule has 2 aromatic rings. The fourth-order valence-electron chi connectivity index (χ4n) is 2.41. The van der Waals surface area contributed by atoms with Crippen LogP contribution in [-0.2, 0) is 9.53 Å². The Kier molecular flexibility index (Phi) is 6.10. The molecule has 0 N–H and O–H groups in total. The number of aromatic nitrogens is 1. The molecule has 23 heavy (non-hydrogen) atoms. The summed E-state index contributed by atoms with van der Waals surface area (Å²) in [5, 5.41) is 0. The third kappa shape index (κ3) is 4.78. The molecule has 1 heterocycles. The van der Waals surface area contributed by atoms with Gasteiger partial charge in [-0.1, -0.05) is 50.3 Å². The maximum Gasteiger partial charge on any atom is 0.305 e. The Morgan fingerprint density at radius 3 is 2.48 bits per heavy atom. The Morgan fingerprint density at radius 1 is 1.17 bits per heavy atom. The van der Waals surface area contributed by atoms with Crippen LogP contribution in [0.4, 0.5) is 0 Å². The Balaban J connectivity index is 2.29. The van der Waals surface area contributed by atoms with Crippen LogP contribution < -0.4 is 0 Å². The van der Waals surface area contributed by atoms with Crippen LogP contribution >= 0.6 is 0 Å². The molecule has 120 valence electrons. The molecule has 0 amide bonds. The summed E-state index contributed by atoms with van der Waals surface area (Å²) in [7, 11) is 1.42. The molecular weight excluding hydrogens is 286 g/mol. The van der Waals surface area contributed by atoms with Crippen molar-refractivity contribution >= 4 is 11.5 Å². The molecule has 0 aliphatic carbocycles. The summed E-state index contributed by atoms with van der Waals surface area (Å²) in [5.74, 6) is 0.316. The van der Waals surface area contributed by atoms with E-state index in [0.717, 1.165) is 16.7 Å². The normalized spacial score (nSPS) is 11.6. The number of carbonyl (C=O) groups excluding carboxylic acids is 1. The fourth-order valence-corrected chi connectivity index (χ4v) is 2.41. The number of carbonyl (C=O) groups is 1. The largest absolute Gasteiger partial charge is 0.469 e. The van der Waals surface area contributed by atoms with E-state index in [9.17, 15) is 4.79 Å². The summed E-state index contributed by atoms with van der Waals surface area (Å²) < 4.78 is 4.70. The second-order valence-corrected chi connectivity index (χ2v) is 5.75. The van der Waals surface area contributed by atoms with Crippen molar-refractivity contribution < 1.29 is 9.53 Å². The molecule has 1 aromatic heterocycles. The van der Waals surface area contributed by atoms with Gasteiger partial charge in [-0.05, 0) is 35.1 Å². The zero-order valence-corrected chi connectivity index (χ0v) is 14.0. The molecule has 0 spiro atoms. The zero-order valence-electron chi connectivity index (χ0n) is 14.0. The van der Waals surface area contributed by atoms with Crippen molar-refractivity contribution in [1.82, 2.24) is 4.98 Å². The second kappa shape index (κ2) is 8.28. The summed E-state index contributed by atoms with van der Waals surface area (Å²) in [6.07, 6.45) is 6.71. The highest BCUT2D eigenvalue weighted by Crippen LogP contribution is 2.25. The quantitative estimate of drug-likeness (QED) is 0.733. The first-order chi connectivity index (χ1) is 11.1. The van der Waals surface area contributed by atoms with Gasteiger partial charge in [-0.3, -0.25) is 9.78 Å². The minimum Gasteiger partial charge on any atom is -0.469 e. The van der Waals surface area contributed by atoms with Gasteiger partial charge in [0, 0.05) is 24.4 Å². The van der Waals surface area contributed by atoms with Crippen molar-refractivity contribution in [2.75, 3.05) is 7.11 Å². The lowest BCUT2D eigenvalue weighted by molar-refractivity contribution is -0.140. The summed E-state index contributed by atoms with van der Waals surface area (Å²) in [4.78, 5) is 15.5. The Hall–Kier alpha value is -2.42.